The van der Waals surface area contributed by atoms with Crippen molar-refractivity contribution < 1.29 is 4.74 Å². The lowest BCUT2D eigenvalue weighted by Crippen LogP contribution is -2.14. The topological polar surface area (TPSA) is 38.0 Å². The van der Waals surface area contributed by atoms with Gasteiger partial charge in [-0.3, -0.25) is 5.41 Å². The molecular formula is C6H9BrN2OS. The van der Waals surface area contributed by atoms with Crippen LogP contribution in [0.4, 0.5) is 0 Å². The molecule has 0 unspecified atom stereocenters. The number of nitrogens with one attached hydrogen (secondary N) is 1. The lowest BCUT2D eigenvalue weighted by atomic mass is 10.6. The molecule has 0 saturated heterocycles. The normalized spacial score (nSPS) is 10.4. The molecule has 1 heterocycles. The lowest BCUT2D eigenvalue weighted by molar-refractivity contribution is 0.186. The van der Waals surface area contributed by atoms with Crippen LogP contribution in [0.25, 0.3) is 0 Å². The molecule has 3 nitrogen and oxygen atoms in total. The van der Waals surface area contributed by atoms with Gasteiger partial charge >= 0.3 is 0 Å². The summed E-state index contributed by atoms with van der Waals surface area (Å²) in [7, 11) is 1.66. The molecule has 0 aliphatic carbocycles. The summed E-state index contributed by atoms with van der Waals surface area (Å²) in [5.74, 6) is 0. The Morgan fingerprint density at radius 1 is 1.82 bits per heavy atom. The Kier molecular flexibility index (Phi) is 3.29. The van der Waals surface area contributed by atoms with Crippen molar-refractivity contribution in [3.63, 3.8) is 0 Å². The van der Waals surface area contributed by atoms with Crippen molar-refractivity contribution in [1.29, 1.82) is 5.41 Å². The molecule has 5 heteroatoms. The Hall–Kier alpha value is -0.130. The fraction of sp³-hybridized carbons (Fsp3) is 0.500. The number of rotatable bonds is 3. The summed E-state index contributed by atoms with van der Waals surface area (Å²) in [5.41, 5.74) is 0. The molecule has 0 aliphatic heterocycles. The summed E-state index contributed by atoms with van der Waals surface area (Å²) >= 11 is 4.72. The first-order valence-electron chi connectivity index (χ1n) is 3.13. The molecule has 0 bridgehead atoms. The first-order chi connectivity index (χ1) is 5.24. The first kappa shape index (κ1) is 8.96. The van der Waals surface area contributed by atoms with Crippen molar-refractivity contribution in [2.75, 3.05) is 13.7 Å². The maximum atomic E-state index is 7.47. The van der Waals surface area contributed by atoms with E-state index in [2.05, 4.69) is 15.9 Å². The third kappa shape index (κ3) is 2.43. The molecule has 0 radical (unpaired) electrons. The van der Waals surface area contributed by atoms with Crippen LogP contribution in [0.3, 0.4) is 0 Å². The average molecular weight is 237 g/mol. The minimum atomic E-state index is 0.550. The Balaban J connectivity index is 2.70. The quantitative estimate of drug-likeness (QED) is 0.848. The van der Waals surface area contributed by atoms with Crippen molar-refractivity contribution in [3.05, 3.63) is 14.8 Å². The molecule has 11 heavy (non-hydrogen) atoms. The van der Waals surface area contributed by atoms with Crippen LogP contribution in [0.5, 0.6) is 0 Å². The van der Waals surface area contributed by atoms with Gasteiger partial charge in [-0.2, -0.15) is 0 Å². The van der Waals surface area contributed by atoms with E-state index in [0.29, 0.717) is 11.4 Å². The summed E-state index contributed by atoms with van der Waals surface area (Å²) < 4.78 is 7.73. The number of aromatic nitrogens is 1. The zero-order valence-corrected chi connectivity index (χ0v) is 8.54. The maximum Gasteiger partial charge on any atom is 0.183 e. The lowest BCUT2D eigenvalue weighted by Gasteiger charge is -1.98. The molecule has 0 fully saturated rings. The highest BCUT2D eigenvalue weighted by atomic mass is 79.9. The molecule has 0 atom stereocenters. The number of methoxy groups -OCH3 is 1. The van der Waals surface area contributed by atoms with Crippen molar-refractivity contribution >= 4 is 27.3 Å². The third-order valence-electron chi connectivity index (χ3n) is 1.25. The van der Waals surface area contributed by atoms with Crippen LogP contribution < -0.4 is 4.80 Å². The van der Waals surface area contributed by atoms with E-state index in [9.17, 15) is 0 Å². The minimum Gasteiger partial charge on any atom is -0.383 e. The second kappa shape index (κ2) is 4.04. The highest BCUT2D eigenvalue weighted by Crippen LogP contribution is 2.11. The van der Waals surface area contributed by atoms with Crippen LogP contribution in [-0.2, 0) is 11.3 Å². The summed E-state index contributed by atoms with van der Waals surface area (Å²) in [6, 6.07) is 0. The van der Waals surface area contributed by atoms with E-state index in [1.807, 2.05) is 10.8 Å². The molecule has 1 aromatic rings. The van der Waals surface area contributed by atoms with E-state index in [-0.39, 0.29) is 0 Å². The van der Waals surface area contributed by atoms with E-state index in [1.54, 1.807) is 7.11 Å². The van der Waals surface area contributed by atoms with Crippen LogP contribution in [0.2, 0.25) is 0 Å². The largest absolute Gasteiger partial charge is 0.383 e. The van der Waals surface area contributed by atoms with Crippen LogP contribution in [0.15, 0.2) is 9.98 Å². The van der Waals surface area contributed by atoms with Gasteiger partial charge in [0.15, 0.2) is 4.80 Å². The molecule has 1 rings (SSSR count). The maximum absolute atomic E-state index is 7.47. The van der Waals surface area contributed by atoms with E-state index in [4.69, 9.17) is 10.1 Å². The van der Waals surface area contributed by atoms with Gasteiger partial charge in [0.1, 0.15) is 0 Å². The van der Waals surface area contributed by atoms with Crippen LogP contribution in [-0.4, -0.2) is 18.3 Å². The Labute approximate surface area is 77.3 Å². The van der Waals surface area contributed by atoms with Gasteiger partial charge in [0, 0.05) is 19.9 Å². The fourth-order valence-electron chi connectivity index (χ4n) is 0.714. The predicted molar refractivity (Wildman–Crippen MR) is 47.7 cm³/mol. The summed E-state index contributed by atoms with van der Waals surface area (Å²) in [6.07, 6.45) is 1.89. The zero-order valence-electron chi connectivity index (χ0n) is 6.13. The minimum absolute atomic E-state index is 0.550. The molecule has 62 valence electrons. The molecular weight excluding hydrogens is 228 g/mol. The predicted octanol–water partition coefficient (Wildman–Crippen LogP) is 1.44. The first-order valence-corrected chi connectivity index (χ1v) is 4.74. The van der Waals surface area contributed by atoms with Crippen LogP contribution in [0.1, 0.15) is 0 Å². The third-order valence-corrected chi connectivity index (χ3v) is 2.67. The molecule has 0 amide bonds. The van der Waals surface area contributed by atoms with Crippen molar-refractivity contribution in [1.82, 2.24) is 4.57 Å². The van der Waals surface area contributed by atoms with Gasteiger partial charge < -0.3 is 9.30 Å². The molecule has 0 spiro atoms. The number of nitrogens with zero attached hydrogens (tertiary/aromatic N) is 1. The number of hydrogen-bond acceptors (Lipinski definition) is 3. The number of hydrogen-bond donors (Lipinski definition) is 1. The van der Waals surface area contributed by atoms with Gasteiger partial charge in [0.2, 0.25) is 0 Å². The standard InChI is InChI=1S/C6H9BrN2OS/c1-10-3-2-9-4-5(7)11-6(9)8/h4,8H,2-3H2,1H3. The van der Waals surface area contributed by atoms with Crippen LogP contribution >= 0.6 is 27.3 Å². The summed E-state index contributed by atoms with van der Waals surface area (Å²) in [6.45, 7) is 1.40. The Bertz CT molecular complexity index is 280. The van der Waals surface area contributed by atoms with E-state index < -0.39 is 0 Å². The van der Waals surface area contributed by atoms with Gasteiger partial charge in [0.25, 0.3) is 0 Å². The van der Waals surface area contributed by atoms with Gasteiger partial charge in [-0.15, -0.1) is 0 Å². The highest BCUT2D eigenvalue weighted by molar-refractivity contribution is 9.11. The average Bonchev–Trinajstić information content (AvgIpc) is 2.26. The molecule has 0 aromatic carbocycles. The van der Waals surface area contributed by atoms with Crippen LogP contribution in [0, 0.1) is 5.41 Å². The smallest absolute Gasteiger partial charge is 0.183 e. The van der Waals surface area contributed by atoms with Crippen molar-refractivity contribution in [3.8, 4) is 0 Å². The SMILES string of the molecule is COCCn1cc(Br)sc1=N. The molecule has 1 aromatic heterocycles. The Morgan fingerprint density at radius 3 is 3.00 bits per heavy atom. The van der Waals surface area contributed by atoms with Gasteiger partial charge in [-0.25, -0.2) is 0 Å². The van der Waals surface area contributed by atoms with Gasteiger partial charge in [-0.1, -0.05) is 11.3 Å². The number of ether oxygens (including phenoxy) is 1. The van der Waals surface area contributed by atoms with Gasteiger partial charge in [0.05, 0.1) is 10.4 Å². The number of halogens is 1. The van der Waals surface area contributed by atoms with E-state index >= 15 is 0 Å². The van der Waals surface area contributed by atoms with Crippen molar-refractivity contribution in [2.45, 2.75) is 6.54 Å². The summed E-state index contributed by atoms with van der Waals surface area (Å²) in [5, 5.41) is 7.47. The molecule has 1 N–H and O–H groups in total. The van der Waals surface area contributed by atoms with E-state index in [0.717, 1.165) is 10.3 Å². The second-order valence-electron chi connectivity index (χ2n) is 2.03. The van der Waals surface area contributed by atoms with Crippen molar-refractivity contribution in [2.24, 2.45) is 0 Å². The monoisotopic (exact) mass is 236 g/mol. The molecule has 0 aliphatic rings. The van der Waals surface area contributed by atoms with Gasteiger partial charge in [-0.05, 0) is 15.9 Å². The zero-order chi connectivity index (χ0) is 8.27. The summed E-state index contributed by atoms with van der Waals surface area (Å²) in [4.78, 5) is 0.550. The highest BCUT2D eigenvalue weighted by Gasteiger charge is 1.96. The fourth-order valence-corrected chi connectivity index (χ4v) is 2.05. The Morgan fingerprint density at radius 2 is 2.55 bits per heavy atom. The molecule has 0 saturated carbocycles. The second-order valence-corrected chi connectivity index (χ2v) is 4.44. The number of thiazole rings is 1. The van der Waals surface area contributed by atoms with E-state index in [1.165, 1.54) is 11.3 Å².